The molecular weight excluding hydrogens is 863 g/mol. The van der Waals surface area contributed by atoms with Crippen LogP contribution in [0.2, 0.25) is 0 Å². The first-order valence-corrected chi connectivity index (χ1v) is 23.7. The molecule has 0 unspecified atom stereocenters. The Balaban J connectivity index is 0.817. The van der Waals surface area contributed by atoms with Crippen LogP contribution in [0, 0.1) is 0 Å². The minimum absolute atomic E-state index is 0.168. The van der Waals surface area contributed by atoms with Crippen molar-refractivity contribution in [1.82, 2.24) is 45.5 Å². The smallest absolute Gasteiger partial charge is 0.318 e. The van der Waals surface area contributed by atoms with Crippen LogP contribution in [0.25, 0.3) is 22.4 Å². The molecule has 68 heavy (non-hydrogen) atoms. The van der Waals surface area contributed by atoms with E-state index in [0.717, 1.165) is 46.4 Å². The van der Waals surface area contributed by atoms with E-state index in [0.29, 0.717) is 89.9 Å². The van der Waals surface area contributed by atoms with Gasteiger partial charge in [0.2, 0.25) is 11.8 Å². The number of rotatable bonds is 12. The van der Waals surface area contributed by atoms with Crippen LogP contribution < -0.4 is 16.0 Å². The molecule has 4 aliphatic heterocycles. The Kier molecular flexibility index (Phi) is 14.4. The third-order valence-corrected chi connectivity index (χ3v) is 13.5. The second-order valence-electron chi connectivity index (χ2n) is 17.8. The fourth-order valence-corrected chi connectivity index (χ4v) is 9.63. The number of urea groups is 2. The van der Waals surface area contributed by atoms with Gasteiger partial charge in [0.25, 0.3) is 5.91 Å². The molecule has 0 radical (unpaired) electrons. The predicted octanol–water partition coefficient (Wildman–Crippen LogP) is 6.14. The third-order valence-electron chi connectivity index (χ3n) is 13.5. The van der Waals surface area contributed by atoms with Crippen LogP contribution in [-0.2, 0) is 23.9 Å². The van der Waals surface area contributed by atoms with Crippen molar-refractivity contribution in [3.8, 4) is 22.4 Å². The van der Waals surface area contributed by atoms with E-state index >= 15 is 0 Å². The van der Waals surface area contributed by atoms with Crippen molar-refractivity contribution >= 4 is 29.8 Å². The summed E-state index contributed by atoms with van der Waals surface area (Å²) in [5.74, 6) is -0.0000217. The number of carbonyl (C=O) groups excluding carboxylic acids is 5. The van der Waals surface area contributed by atoms with Gasteiger partial charge in [-0.2, -0.15) is 0 Å². The van der Waals surface area contributed by atoms with Gasteiger partial charge in [0.15, 0.2) is 0 Å². The molecule has 4 aliphatic rings. The second-order valence-corrected chi connectivity index (χ2v) is 17.8. The molecule has 7 amide bonds. The highest BCUT2D eigenvalue weighted by Crippen LogP contribution is 2.35. The largest absolute Gasteiger partial charge is 0.378 e. The molecule has 5 heterocycles. The van der Waals surface area contributed by atoms with Crippen LogP contribution in [0.3, 0.4) is 0 Å². The molecule has 5 aromatic rings. The number of nitrogens with one attached hydrogen (secondary N) is 4. The Bertz CT molecular complexity index is 2530. The lowest BCUT2D eigenvalue weighted by atomic mass is 9.99. The average Bonchev–Trinajstić information content (AvgIpc) is 4.21. The summed E-state index contributed by atoms with van der Waals surface area (Å²) in [6.45, 7) is 6.58. The van der Waals surface area contributed by atoms with Crippen LogP contribution in [0.5, 0.6) is 0 Å². The van der Waals surface area contributed by atoms with Gasteiger partial charge in [-0.15, -0.1) is 0 Å². The molecule has 5 atom stereocenters. The van der Waals surface area contributed by atoms with E-state index in [1.807, 2.05) is 109 Å². The molecule has 0 bridgehead atoms. The highest BCUT2D eigenvalue weighted by Gasteiger charge is 2.40. The van der Waals surface area contributed by atoms with Gasteiger partial charge in [-0.3, -0.25) is 14.4 Å². The summed E-state index contributed by atoms with van der Waals surface area (Å²) in [6.07, 6.45) is 4.58. The summed E-state index contributed by atoms with van der Waals surface area (Å²) in [7, 11) is 0. The minimum Gasteiger partial charge on any atom is -0.378 e. The number of morpholine rings is 2. The summed E-state index contributed by atoms with van der Waals surface area (Å²) in [4.78, 5) is 83.9. The Morgan fingerprint density at radius 1 is 0.574 bits per heavy atom. The molecular formula is C52H59N9O7. The van der Waals surface area contributed by atoms with Gasteiger partial charge in [-0.05, 0) is 66.0 Å². The van der Waals surface area contributed by atoms with E-state index in [2.05, 4.69) is 33.1 Å². The SMILES string of the molecule is C[C@@H](NC(=O)[C@@H]1CCCN1C(=O)[C@H](NC(=O)N1CCOCC1)c1ccccc1)c1ccc(-c2ccc(-c3cnc([C@@H]4CCCN4C(=O)[C@H](NC(=O)N4CCOCC4)c4ccccc4)[nH]3)cc2)cc1. The van der Waals surface area contributed by atoms with E-state index in [1.54, 1.807) is 20.9 Å². The monoisotopic (exact) mass is 921 g/mol. The maximum absolute atomic E-state index is 14.3. The normalized spacial score (nSPS) is 19.8. The van der Waals surface area contributed by atoms with Gasteiger partial charge < -0.3 is 50.0 Å². The summed E-state index contributed by atoms with van der Waals surface area (Å²) >= 11 is 0. The van der Waals surface area contributed by atoms with Crippen molar-refractivity contribution in [2.75, 3.05) is 65.7 Å². The molecule has 9 rings (SSSR count). The lowest BCUT2D eigenvalue weighted by Crippen LogP contribution is -2.53. The summed E-state index contributed by atoms with van der Waals surface area (Å²) < 4.78 is 10.8. The molecule has 0 aliphatic carbocycles. The number of aromatic nitrogens is 2. The van der Waals surface area contributed by atoms with Crippen LogP contribution in [0.4, 0.5) is 9.59 Å². The number of H-pyrrole nitrogens is 1. The molecule has 4 saturated heterocycles. The standard InChI is InChI=1S/C52H59N9O7/c1-35(54-48(62)44-15-9-25-61(44)50(64)46(41-12-6-3-7-13-41)57-52(66)59-28-32-68-33-29-59)36-16-18-37(19-17-36)38-20-22-39(23-21-38)42-34-53-47(55-42)43-14-8-24-60(43)49(63)45(40-10-4-2-5-11-40)56-51(65)58-26-30-67-31-27-58/h2-7,10-13,16-23,34-35,43-46H,8-9,14-15,24-33H2,1H3,(H,53,55)(H,54,62)(H,56,65)(H,57,66)/t35-,43+,44+,45-,46-/m1/s1. The number of imidazole rings is 1. The van der Waals surface area contributed by atoms with Gasteiger partial charge in [0.1, 0.15) is 23.9 Å². The number of aromatic amines is 1. The van der Waals surface area contributed by atoms with E-state index in [1.165, 1.54) is 0 Å². The lowest BCUT2D eigenvalue weighted by Gasteiger charge is -2.32. The second kappa shape index (κ2) is 21.3. The molecule has 0 spiro atoms. The van der Waals surface area contributed by atoms with Crippen molar-refractivity contribution in [3.63, 3.8) is 0 Å². The van der Waals surface area contributed by atoms with Gasteiger partial charge in [-0.1, -0.05) is 109 Å². The first kappa shape index (κ1) is 46.1. The zero-order chi connectivity index (χ0) is 47.0. The first-order valence-electron chi connectivity index (χ1n) is 23.7. The number of nitrogens with zero attached hydrogens (tertiary/aromatic N) is 5. The number of benzene rings is 4. The highest BCUT2D eigenvalue weighted by molar-refractivity contribution is 5.93. The predicted molar refractivity (Wildman–Crippen MR) is 255 cm³/mol. The average molecular weight is 922 g/mol. The van der Waals surface area contributed by atoms with Crippen molar-refractivity contribution in [3.05, 3.63) is 138 Å². The quantitative estimate of drug-likeness (QED) is 0.115. The zero-order valence-corrected chi connectivity index (χ0v) is 38.3. The fourth-order valence-electron chi connectivity index (χ4n) is 9.63. The Morgan fingerprint density at radius 2 is 1.06 bits per heavy atom. The van der Waals surface area contributed by atoms with Crippen molar-refractivity contribution in [2.24, 2.45) is 0 Å². The van der Waals surface area contributed by atoms with E-state index in [-0.39, 0.29) is 41.9 Å². The maximum atomic E-state index is 14.3. The zero-order valence-electron chi connectivity index (χ0n) is 38.3. The van der Waals surface area contributed by atoms with Crippen molar-refractivity contribution < 1.29 is 33.4 Å². The van der Waals surface area contributed by atoms with Gasteiger partial charge in [-0.25, -0.2) is 14.6 Å². The van der Waals surface area contributed by atoms with Gasteiger partial charge >= 0.3 is 12.1 Å². The fraction of sp³-hybridized carbons (Fsp3) is 0.385. The topological polar surface area (TPSA) is 182 Å². The minimum atomic E-state index is -0.932. The Hall–Kier alpha value is -7.04. The van der Waals surface area contributed by atoms with Crippen LogP contribution in [0.15, 0.2) is 115 Å². The molecule has 4 aromatic carbocycles. The number of amides is 7. The Morgan fingerprint density at radius 3 is 1.62 bits per heavy atom. The molecule has 354 valence electrons. The number of likely N-dealkylation sites (tertiary alicyclic amines) is 2. The van der Waals surface area contributed by atoms with Gasteiger partial charge in [0, 0.05) is 39.3 Å². The molecule has 4 fully saturated rings. The highest BCUT2D eigenvalue weighted by atomic mass is 16.5. The lowest BCUT2D eigenvalue weighted by molar-refractivity contribution is -0.140. The summed E-state index contributed by atoms with van der Waals surface area (Å²) in [6, 6.07) is 31.2. The molecule has 16 heteroatoms. The van der Waals surface area contributed by atoms with Gasteiger partial charge in [0.05, 0.1) is 50.4 Å². The third kappa shape index (κ3) is 10.4. The van der Waals surface area contributed by atoms with Crippen LogP contribution in [0.1, 0.15) is 79.3 Å². The number of hydrogen-bond acceptors (Lipinski definition) is 8. The summed E-state index contributed by atoms with van der Waals surface area (Å²) in [5.41, 5.74) is 6.12. The summed E-state index contributed by atoms with van der Waals surface area (Å²) in [5, 5.41) is 9.12. The van der Waals surface area contributed by atoms with Crippen molar-refractivity contribution in [1.29, 1.82) is 0 Å². The van der Waals surface area contributed by atoms with E-state index < -0.39 is 18.1 Å². The number of hydrogen-bond donors (Lipinski definition) is 4. The van der Waals surface area contributed by atoms with E-state index in [4.69, 9.17) is 14.5 Å². The van der Waals surface area contributed by atoms with Crippen molar-refractivity contribution in [2.45, 2.75) is 62.8 Å². The Labute approximate surface area is 396 Å². The molecule has 16 nitrogen and oxygen atoms in total. The molecule has 0 saturated carbocycles. The number of ether oxygens (including phenoxy) is 2. The maximum Gasteiger partial charge on any atom is 0.318 e. The molecule has 1 aromatic heterocycles. The first-order chi connectivity index (χ1) is 33.2. The number of carbonyl (C=O) groups is 5. The van der Waals surface area contributed by atoms with E-state index in [9.17, 15) is 24.0 Å². The van der Waals surface area contributed by atoms with Crippen LogP contribution in [-0.4, -0.2) is 131 Å². The van der Waals surface area contributed by atoms with Crippen LogP contribution >= 0.6 is 0 Å². The molecule has 4 N–H and O–H groups in total.